The molecule has 0 radical (unpaired) electrons. The second kappa shape index (κ2) is 8.49. The van der Waals surface area contributed by atoms with Gasteiger partial charge in [0.25, 0.3) is 0 Å². The highest BCUT2D eigenvalue weighted by Gasteiger charge is 2.35. The van der Waals surface area contributed by atoms with Crippen molar-refractivity contribution in [2.24, 2.45) is 17.8 Å². The van der Waals surface area contributed by atoms with Crippen molar-refractivity contribution in [3.8, 4) is 17.1 Å². The zero-order valence-electron chi connectivity index (χ0n) is 19.1. The molecule has 9 nitrogen and oxygen atoms in total. The normalized spacial score (nSPS) is 20.2. The summed E-state index contributed by atoms with van der Waals surface area (Å²) in [4.78, 5) is 13.9. The van der Waals surface area contributed by atoms with Crippen molar-refractivity contribution in [1.29, 1.82) is 0 Å². The average molecular weight is 448 g/mol. The van der Waals surface area contributed by atoms with E-state index in [0.717, 1.165) is 65.8 Å². The van der Waals surface area contributed by atoms with E-state index < -0.39 is 5.79 Å². The first kappa shape index (κ1) is 21.4. The summed E-state index contributed by atoms with van der Waals surface area (Å²) in [6.45, 7) is 3.48. The third-order valence-electron chi connectivity index (χ3n) is 6.15. The monoisotopic (exact) mass is 447 g/mol. The second-order valence-corrected chi connectivity index (χ2v) is 8.53. The number of nitrogens with zero attached hydrogens (tertiary/aromatic N) is 4. The summed E-state index contributed by atoms with van der Waals surface area (Å²) in [6.07, 6.45) is 7.36. The molecule has 1 aromatic carbocycles. The van der Waals surface area contributed by atoms with Crippen molar-refractivity contribution in [2.75, 3.05) is 31.0 Å². The number of aryl methyl sites for hydroxylation is 2. The standard InChI is InChI=1S/C24H29N7O2/c1-15-12-17-14-27-24(25,30-21(17)22(28-15)29-18-6-10-33-11-7-18)19-5-4-16(13-20(19)32-3)23-26-8-9-31(23)2/h4-5,8-9,12-14,18,30H,6-7,10-11,25H2,1-3H3,(H,28,29). The van der Waals surface area contributed by atoms with Gasteiger partial charge in [0.15, 0.2) is 5.82 Å². The highest BCUT2D eigenvalue weighted by atomic mass is 16.5. The minimum Gasteiger partial charge on any atom is -0.496 e. The van der Waals surface area contributed by atoms with E-state index in [9.17, 15) is 0 Å². The van der Waals surface area contributed by atoms with Crippen molar-refractivity contribution in [3.63, 3.8) is 0 Å². The van der Waals surface area contributed by atoms with Gasteiger partial charge in [0.2, 0.25) is 5.79 Å². The van der Waals surface area contributed by atoms with Gasteiger partial charge in [-0.3, -0.25) is 5.73 Å². The van der Waals surface area contributed by atoms with Crippen LogP contribution < -0.4 is 21.1 Å². The predicted octanol–water partition coefficient (Wildman–Crippen LogP) is 3.00. The lowest BCUT2D eigenvalue weighted by Gasteiger charge is -2.34. The number of imidazole rings is 1. The van der Waals surface area contributed by atoms with E-state index in [-0.39, 0.29) is 0 Å². The van der Waals surface area contributed by atoms with Crippen LogP contribution in [0.5, 0.6) is 5.75 Å². The largest absolute Gasteiger partial charge is 0.496 e. The Morgan fingerprint density at radius 2 is 2.09 bits per heavy atom. The van der Waals surface area contributed by atoms with Crippen LogP contribution in [0.4, 0.5) is 11.5 Å². The molecule has 2 aliphatic heterocycles. The van der Waals surface area contributed by atoms with Gasteiger partial charge >= 0.3 is 0 Å². The fourth-order valence-corrected chi connectivity index (χ4v) is 4.39. The maximum absolute atomic E-state index is 6.82. The highest BCUT2D eigenvalue weighted by molar-refractivity contribution is 5.94. The molecule has 0 spiro atoms. The first-order valence-electron chi connectivity index (χ1n) is 11.1. The number of hydrogen-bond donors (Lipinski definition) is 3. The lowest BCUT2D eigenvalue weighted by molar-refractivity contribution is 0.0904. The zero-order chi connectivity index (χ0) is 23.0. The quantitative estimate of drug-likeness (QED) is 0.551. The van der Waals surface area contributed by atoms with Gasteiger partial charge in [-0.2, -0.15) is 0 Å². The molecule has 0 amide bonds. The number of fused-ring (bicyclic) bond motifs is 1. The summed E-state index contributed by atoms with van der Waals surface area (Å²) in [7, 11) is 3.59. The topological polar surface area (TPSA) is 112 Å². The second-order valence-electron chi connectivity index (χ2n) is 8.53. The summed E-state index contributed by atoms with van der Waals surface area (Å²) in [5.41, 5.74) is 11.2. The number of aromatic nitrogens is 3. The Hall–Kier alpha value is -3.43. The molecule has 1 atom stereocenters. The maximum Gasteiger partial charge on any atom is 0.212 e. The maximum atomic E-state index is 6.82. The van der Waals surface area contributed by atoms with Crippen LogP contribution in [-0.4, -0.2) is 47.1 Å². The molecule has 1 unspecified atom stereocenters. The third kappa shape index (κ3) is 4.05. The van der Waals surface area contributed by atoms with E-state index in [2.05, 4.69) is 20.6 Å². The lowest BCUT2D eigenvalue weighted by Crippen LogP contribution is -2.45. The molecule has 1 fully saturated rings. The van der Waals surface area contributed by atoms with Crippen LogP contribution in [-0.2, 0) is 17.6 Å². The molecule has 9 heteroatoms. The molecule has 0 aliphatic carbocycles. The molecule has 0 bridgehead atoms. The first-order valence-corrected chi connectivity index (χ1v) is 11.1. The molecule has 5 rings (SSSR count). The van der Waals surface area contributed by atoms with Gasteiger partial charge in [0.1, 0.15) is 11.6 Å². The minimum atomic E-state index is -1.21. The van der Waals surface area contributed by atoms with Crippen molar-refractivity contribution in [3.05, 3.63) is 53.5 Å². The zero-order valence-corrected chi connectivity index (χ0v) is 19.1. The number of pyridine rings is 1. The molecular formula is C24H29N7O2. The number of nitrogens with two attached hydrogens (primary N) is 1. The highest BCUT2D eigenvalue weighted by Crippen LogP contribution is 2.39. The SMILES string of the molecule is COc1cc(-c2nccn2C)ccc1C1(N)N=Cc2cc(C)nc(NC3CCOCC3)c2N1. The van der Waals surface area contributed by atoms with E-state index in [4.69, 9.17) is 20.2 Å². The Balaban J connectivity index is 1.50. The summed E-state index contributed by atoms with van der Waals surface area (Å²) < 4.78 is 13.2. The Kier molecular flexibility index (Phi) is 5.51. The van der Waals surface area contributed by atoms with E-state index in [1.165, 1.54) is 0 Å². The van der Waals surface area contributed by atoms with Gasteiger partial charge in [0, 0.05) is 61.7 Å². The molecule has 2 aromatic heterocycles. The first-order chi connectivity index (χ1) is 16.0. The van der Waals surface area contributed by atoms with Gasteiger partial charge in [0.05, 0.1) is 18.4 Å². The molecule has 172 valence electrons. The Labute approximate surface area is 193 Å². The minimum absolute atomic E-state index is 0.302. The Morgan fingerprint density at radius 3 is 2.82 bits per heavy atom. The lowest BCUT2D eigenvalue weighted by atomic mass is 10.0. The summed E-state index contributed by atoms with van der Waals surface area (Å²) >= 11 is 0. The number of nitrogens with one attached hydrogen (secondary N) is 2. The number of aliphatic imine (C=N–C) groups is 1. The van der Waals surface area contributed by atoms with E-state index >= 15 is 0 Å². The number of anilines is 2. The third-order valence-corrected chi connectivity index (χ3v) is 6.15. The van der Waals surface area contributed by atoms with E-state index in [0.29, 0.717) is 11.8 Å². The Morgan fingerprint density at radius 1 is 1.27 bits per heavy atom. The van der Waals surface area contributed by atoms with Crippen LogP contribution in [0.2, 0.25) is 0 Å². The molecule has 1 saturated heterocycles. The molecule has 4 N–H and O–H groups in total. The van der Waals surface area contributed by atoms with Gasteiger partial charge in [-0.1, -0.05) is 6.07 Å². The summed E-state index contributed by atoms with van der Waals surface area (Å²) in [5, 5.41) is 7.03. The van der Waals surface area contributed by atoms with Crippen molar-refractivity contribution in [1.82, 2.24) is 14.5 Å². The van der Waals surface area contributed by atoms with Crippen LogP contribution >= 0.6 is 0 Å². The smallest absolute Gasteiger partial charge is 0.212 e. The van der Waals surface area contributed by atoms with Crippen LogP contribution in [0.3, 0.4) is 0 Å². The summed E-state index contributed by atoms with van der Waals surface area (Å²) in [6, 6.07) is 8.16. The van der Waals surface area contributed by atoms with Gasteiger partial charge < -0.3 is 24.7 Å². The molecule has 3 aromatic rings. The van der Waals surface area contributed by atoms with Crippen molar-refractivity contribution in [2.45, 2.75) is 31.6 Å². The molecule has 0 saturated carbocycles. The average Bonchev–Trinajstić information content (AvgIpc) is 3.25. The van der Waals surface area contributed by atoms with E-state index in [1.807, 2.05) is 55.2 Å². The van der Waals surface area contributed by atoms with Gasteiger partial charge in [-0.25, -0.2) is 15.0 Å². The van der Waals surface area contributed by atoms with Crippen LogP contribution in [0.25, 0.3) is 11.4 Å². The molecule has 33 heavy (non-hydrogen) atoms. The van der Waals surface area contributed by atoms with Gasteiger partial charge in [-0.15, -0.1) is 0 Å². The number of rotatable bonds is 5. The van der Waals surface area contributed by atoms with Crippen LogP contribution in [0.15, 0.2) is 41.7 Å². The molecular weight excluding hydrogens is 418 g/mol. The van der Waals surface area contributed by atoms with Crippen molar-refractivity contribution < 1.29 is 9.47 Å². The van der Waals surface area contributed by atoms with Gasteiger partial charge in [-0.05, 0) is 38.0 Å². The van der Waals surface area contributed by atoms with Crippen molar-refractivity contribution >= 4 is 17.7 Å². The van der Waals surface area contributed by atoms with Crippen LogP contribution in [0.1, 0.15) is 29.7 Å². The number of hydrogen-bond acceptors (Lipinski definition) is 8. The summed E-state index contributed by atoms with van der Waals surface area (Å²) in [5.74, 6) is 1.05. The predicted molar refractivity (Wildman–Crippen MR) is 129 cm³/mol. The fourth-order valence-electron chi connectivity index (χ4n) is 4.39. The van der Waals surface area contributed by atoms with Crippen LogP contribution in [0, 0.1) is 6.92 Å². The molecule has 2 aliphatic rings. The fraction of sp³-hybridized carbons (Fsp3) is 0.375. The number of methoxy groups -OCH3 is 1. The molecule has 4 heterocycles. The Bertz CT molecular complexity index is 1200. The number of ether oxygens (including phenoxy) is 2. The van der Waals surface area contributed by atoms with E-state index in [1.54, 1.807) is 13.3 Å². The number of benzene rings is 1.